The number of hydrogen-bond donors (Lipinski definition) is 0. The van der Waals surface area contributed by atoms with Crippen molar-refractivity contribution in [3.8, 4) is 0 Å². The number of rotatable bonds is 5. The molecule has 0 saturated carbocycles. The lowest BCUT2D eigenvalue weighted by Gasteiger charge is -2.17. The van der Waals surface area contributed by atoms with Crippen LogP contribution < -0.4 is 4.90 Å². The fraction of sp³-hybridized carbons (Fsp3) is 0.429. The molecule has 1 aliphatic heterocycles. The smallest absolute Gasteiger partial charge is 0.338 e. The van der Waals surface area contributed by atoms with Crippen LogP contribution in [0.4, 0.5) is 9.57 Å². The molecule has 120 valence electrons. The molecule has 0 N–H and O–H groups in total. The lowest BCUT2D eigenvalue weighted by Crippen LogP contribution is -2.25. The zero-order chi connectivity index (χ0) is 16.3. The first-order valence-electron chi connectivity index (χ1n) is 6.80. The van der Waals surface area contributed by atoms with Gasteiger partial charge in [0.15, 0.2) is 0 Å². The molecule has 22 heavy (non-hydrogen) atoms. The van der Waals surface area contributed by atoms with Crippen LogP contribution in [0.3, 0.4) is 0 Å². The van der Waals surface area contributed by atoms with Gasteiger partial charge in [-0.25, -0.2) is 4.79 Å². The minimum atomic E-state index is -4.62. The van der Waals surface area contributed by atoms with Gasteiger partial charge in [0, 0.05) is 24.6 Å². The summed E-state index contributed by atoms with van der Waals surface area (Å²) in [4.78, 5) is 25.0. The third-order valence-corrected chi connectivity index (χ3v) is 4.18. The van der Waals surface area contributed by atoms with Gasteiger partial charge in [0.2, 0.25) is 5.91 Å². The molecule has 1 atom stereocenters. The first-order chi connectivity index (χ1) is 10.3. The Morgan fingerprint density at radius 3 is 2.82 bits per heavy atom. The van der Waals surface area contributed by atoms with E-state index in [1.165, 1.54) is 11.0 Å². The summed E-state index contributed by atoms with van der Waals surface area (Å²) in [5, 5.41) is 0. The first kappa shape index (κ1) is 16.4. The van der Waals surface area contributed by atoms with E-state index < -0.39 is 27.9 Å². The number of hydrogen-bond acceptors (Lipinski definition) is 5. The van der Waals surface area contributed by atoms with Crippen LogP contribution in [0.5, 0.6) is 0 Å². The SMILES string of the molecule is CCOC(=O)c1cccc(N2CC(CS(=O)(=O)F)CC2=O)c1. The second-order valence-corrected chi connectivity index (χ2v) is 6.46. The molecule has 0 radical (unpaired) electrons. The van der Waals surface area contributed by atoms with E-state index in [1.807, 2.05) is 0 Å². The van der Waals surface area contributed by atoms with Gasteiger partial charge in [-0.05, 0) is 25.1 Å². The number of carbonyl (C=O) groups excluding carboxylic acids is 2. The molecule has 1 fully saturated rings. The summed E-state index contributed by atoms with van der Waals surface area (Å²) < 4.78 is 39.0. The fourth-order valence-electron chi connectivity index (χ4n) is 2.44. The van der Waals surface area contributed by atoms with Crippen LogP contribution in [-0.4, -0.2) is 39.2 Å². The quantitative estimate of drug-likeness (QED) is 0.604. The van der Waals surface area contributed by atoms with Crippen LogP contribution in [0.15, 0.2) is 24.3 Å². The molecule has 1 aromatic carbocycles. The molecule has 2 rings (SSSR count). The molecule has 0 aliphatic carbocycles. The van der Waals surface area contributed by atoms with Crippen molar-refractivity contribution in [3.63, 3.8) is 0 Å². The average molecular weight is 329 g/mol. The highest BCUT2D eigenvalue weighted by Gasteiger charge is 2.33. The summed E-state index contributed by atoms with van der Waals surface area (Å²) in [6.45, 7) is 2.03. The van der Waals surface area contributed by atoms with Crippen LogP contribution >= 0.6 is 0 Å². The molecule has 1 aromatic rings. The summed E-state index contributed by atoms with van der Waals surface area (Å²) in [6, 6.07) is 6.30. The Morgan fingerprint density at radius 2 is 2.18 bits per heavy atom. The maximum absolute atomic E-state index is 12.7. The summed E-state index contributed by atoms with van der Waals surface area (Å²) in [6.07, 6.45) is -0.0349. The van der Waals surface area contributed by atoms with Crippen molar-refractivity contribution in [2.75, 3.05) is 23.8 Å². The third kappa shape index (κ3) is 4.03. The molecule has 1 heterocycles. The van der Waals surface area contributed by atoms with Crippen molar-refractivity contribution >= 4 is 27.8 Å². The number of nitrogens with zero attached hydrogens (tertiary/aromatic N) is 1. The van der Waals surface area contributed by atoms with E-state index in [0.717, 1.165) is 0 Å². The van der Waals surface area contributed by atoms with Gasteiger partial charge in [0.05, 0.1) is 17.9 Å². The van der Waals surface area contributed by atoms with Gasteiger partial charge in [-0.2, -0.15) is 8.42 Å². The molecule has 6 nitrogen and oxygen atoms in total. The lowest BCUT2D eigenvalue weighted by atomic mass is 10.1. The summed E-state index contributed by atoms with van der Waals surface area (Å²) >= 11 is 0. The molecule has 0 bridgehead atoms. The zero-order valence-corrected chi connectivity index (χ0v) is 12.8. The normalized spacial score (nSPS) is 18.5. The van der Waals surface area contributed by atoms with Crippen molar-refractivity contribution in [3.05, 3.63) is 29.8 Å². The number of anilines is 1. The Kier molecular flexibility index (Phi) is 4.80. The number of halogens is 1. The second kappa shape index (κ2) is 6.43. The van der Waals surface area contributed by atoms with Gasteiger partial charge in [-0.15, -0.1) is 3.89 Å². The Hall–Kier alpha value is -1.96. The van der Waals surface area contributed by atoms with Crippen molar-refractivity contribution in [1.29, 1.82) is 0 Å². The molecule has 1 saturated heterocycles. The molecule has 8 heteroatoms. The topological polar surface area (TPSA) is 80.8 Å². The second-order valence-electron chi connectivity index (χ2n) is 5.05. The Labute approximate surface area is 128 Å². The van der Waals surface area contributed by atoms with Crippen molar-refractivity contribution in [2.24, 2.45) is 5.92 Å². The van der Waals surface area contributed by atoms with Crippen LogP contribution in [0.1, 0.15) is 23.7 Å². The molecular formula is C14H16FNO5S. The highest BCUT2D eigenvalue weighted by Crippen LogP contribution is 2.27. The molecule has 0 aromatic heterocycles. The van der Waals surface area contributed by atoms with E-state index in [2.05, 4.69) is 0 Å². The number of esters is 1. The Bertz CT molecular complexity index is 688. The molecular weight excluding hydrogens is 313 g/mol. The van der Waals surface area contributed by atoms with Gasteiger partial charge < -0.3 is 9.64 Å². The van der Waals surface area contributed by atoms with Crippen LogP contribution in [0.25, 0.3) is 0 Å². The minimum absolute atomic E-state index is 0.0349. The van der Waals surface area contributed by atoms with Crippen LogP contribution in [-0.2, 0) is 19.8 Å². The van der Waals surface area contributed by atoms with Crippen molar-refractivity contribution in [2.45, 2.75) is 13.3 Å². The third-order valence-electron chi connectivity index (χ3n) is 3.31. The van der Waals surface area contributed by atoms with E-state index in [0.29, 0.717) is 11.3 Å². The predicted molar refractivity (Wildman–Crippen MR) is 77.8 cm³/mol. The van der Waals surface area contributed by atoms with Crippen molar-refractivity contribution < 1.29 is 26.6 Å². The summed E-state index contributed by atoms with van der Waals surface area (Å²) in [5.41, 5.74) is 0.767. The average Bonchev–Trinajstić information content (AvgIpc) is 2.77. The number of benzene rings is 1. The Balaban J connectivity index is 2.16. The van der Waals surface area contributed by atoms with Gasteiger partial charge >= 0.3 is 16.2 Å². The van der Waals surface area contributed by atoms with Gasteiger partial charge in [0.1, 0.15) is 0 Å². The largest absolute Gasteiger partial charge is 0.462 e. The standard InChI is InChI=1S/C14H16FNO5S/c1-2-21-14(18)11-4-3-5-12(7-11)16-8-10(6-13(16)17)9-22(15,19)20/h3-5,7,10H,2,6,8-9H2,1H3. The molecule has 1 amide bonds. The first-order valence-corrected chi connectivity index (χ1v) is 8.35. The summed E-state index contributed by atoms with van der Waals surface area (Å²) in [7, 11) is -4.62. The summed E-state index contributed by atoms with van der Waals surface area (Å²) in [5.74, 6) is -2.06. The fourth-order valence-corrected chi connectivity index (χ4v) is 3.23. The van der Waals surface area contributed by atoms with Crippen LogP contribution in [0, 0.1) is 5.92 Å². The van der Waals surface area contributed by atoms with Gasteiger partial charge in [-0.1, -0.05) is 6.07 Å². The van der Waals surface area contributed by atoms with Crippen LogP contribution in [0.2, 0.25) is 0 Å². The molecule has 1 aliphatic rings. The predicted octanol–water partition coefficient (Wildman–Crippen LogP) is 1.52. The van der Waals surface area contributed by atoms with E-state index >= 15 is 0 Å². The number of ether oxygens (including phenoxy) is 1. The van der Waals surface area contributed by atoms with Crippen molar-refractivity contribution in [1.82, 2.24) is 0 Å². The Morgan fingerprint density at radius 1 is 1.45 bits per heavy atom. The molecule has 0 spiro atoms. The van der Waals surface area contributed by atoms with E-state index in [1.54, 1.807) is 25.1 Å². The highest BCUT2D eigenvalue weighted by atomic mass is 32.3. The van der Waals surface area contributed by atoms with E-state index in [-0.39, 0.29) is 25.5 Å². The number of amides is 1. The monoisotopic (exact) mass is 329 g/mol. The minimum Gasteiger partial charge on any atom is -0.462 e. The maximum Gasteiger partial charge on any atom is 0.338 e. The maximum atomic E-state index is 12.7. The van der Waals surface area contributed by atoms with E-state index in [4.69, 9.17) is 4.74 Å². The number of carbonyl (C=O) groups is 2. The lowest BCUT2D eigenvalue weighted by molar-refractivity contribution is -0.117. The highest BCUT2D eigenvalue weighted by molar-refractivity contribution is 7.86. The molecule has 1 unspecified atom stereocenters. The van der Waals surface area contributed by atoms with E-state index in [9.17, 15) is 21.9 Å². The zero-order valence-electron chi connectivity index (χ0n) is 12.0. The van der Waals surface area contributed by atoms with Gasteiger partial charge in [-0.3, -0.25) is 4.79 Å². The van der Waals surface area contributed by atoms with Gasteiger partial charge in [0.25, 0.3) is 0 Å².